The molecule has 0 unspecified atom stereocenters. The molecule has 102 valence electrons. The minimum Gasteiger partial charge on any atom is -0.345 e. The van der Waals surface area contributed by atoms with E-state index in [4.69, 9.17) is 0 Å². The van der Waals surface area contributed by atoms with Crippen molar-refractivity contribution in [3.8, 4) is 0 Å². The second-order valence-electron chi connectivity index (χ2n) is 4.51. The van der Waals surface area contributed by atoms with Crippen molar-refractivity contribution in [3.05, 3.63) is 32.4 Å². The SMILES string of the molecule is CC(C)c1nnc(CNC(=O)c2csc(Br)c2)n1C. The zero-order valence-corrected chi connectivity index (χ0v) is 13.4. The Balaban J connectivity index is 2.01. The smallest absolute Gasteiger partial charge is 0.252 e. The van der Waals surface area contributed by atoms with Gasteiger partial charge in [0.1, 0.15) is 5.82 Å². The fourth-order valence-electron chi connectivity index (χ4n) is 1.72. The maximum absolute atomic E-state index is 11.9. The zero-order chi connectivity index (χ0) is 14.0. The lowest BCUT2D eigenvalue weighted by Gasteiger charge is -2.06. The Morgan fingerprint density at radius 2 is 2.26 bits per heavy atom. The Labute approximate surface area is 124 Å². The van der Waals surface area contributed by atoms with Gasteiger partial charge in [-0.15, -0.1) is 21.5 Å². The molecule has 0 atom stereocenters. The van der Waals surface area contributed by atoms with Crippen molar-refractivity contribution in [3.63, 3.8) is 0 Å². The number of carbonyl (C=O) groups excluding carboxylic acids is 1. The number of rotatable bonds is 4. The monoisotopic (exact) mass is 342 g/mol. The van der Waals surface area contributed by atoms with Crippen LogP contribution in [-0.4, -0.2) is 20.7 Å². The summed E-state index contributed by atoms with van der Waals surface area (Å²) in [7, 11) is 1.91. The van der Waals surface area contributed by atoms with Crippen LogP contribution in [0.15, 0.2) is 15.2 Å². The molecule has 19 heavy (non-hydrogen) atoms. The summed E-state index contributed by atoms with van der Waals surface area (Å²) >= 11 is 4.83. The molecular weight excluding hydrogens is 328 g/mol. The number of nitrogens with one attached hydrogen (secondary N) is 1. The molecule has 1 N–H and O–H groups in total. The Morgan fingerprint density at radius 3 is 2.79 bits per heavy atom. The number of hydrogen-bond donors (Lipinski definition) is 1. The van der Waals surface area contributed by atoms with Crippen LogP contribution in [0.5, 0.6) is 0 Å². The molecule has 0 aliphatic heterocycles. The molecule has 0 aliphatic carbocycles. The number of halogens is 1. The number of amides is 1. The van der Waals surface area contributed by atoms with Gasteiger partial charge >= 0.3 is 0 Å². The van der Waals surface area contributed by atoms with Crippen molar-refractivity contribution in [2.75, 3.05) is 0 Å². The van der Waals surface area contributed by atoms with Crippen LogP contribution >= 0.6 is 27.3 Å². The molecule has 2 rings (SSSR count). The van der Waals surface area contributed by atoms with E-state index in [1.807, 2.05) is 17.0 Å². The summed E-state index contributed by atoms with van der Waals surface area (Å²) in [5, 5.41) is 12.9. The normalized spacial score (nSPS) is 11.0. The average Bonchev–Trinajstić information content (AvgIpc) is 2.93. The molecule has 2 aromatic heterocycles. The lowest BCUT2D eigenvalue weighted by molar-refractivity contribution is 0.0950. The van der Waals surface area contributed by atoms with Crippen LogP contribution in [-0.2, 0) is 13.6 Å². The lowest BCUT2D eigenvalue weighted by Crippen LogP contribution is -2.24. The van der Waals surface area contributed by atoms with Crippen LogP contribution in [0.2, 0.25) is 0 Å². The van der Waals surface area contributed by atoms with Gasteiger partial charge in [-0.2, -0.15) is 0 Å². The van der Waals surface area contributed by atoms with E-state index in [0.29, 0.717) is 18.0 Å². The van der Waals surface area contributed by atoms with Crippen molar-refractivity contribution in [1.29, 1.82) is 0 Å². The van der Waals surface area contributed by atoms with E-state index in [9.17, 15) is 4.79 Å². The standard InChI is InChI=1S/C12H15BrN4OS/c1-7(2)11-16-15-10(17(11)3)5-14-12(18)8-4-9(13)19-6-8/h4,6-7H,5H2,1-3H3,(H,14,18). The van der Waals surface area contributed by atoms with Crippen LogP contribution in [0.4, 0.5) is 0 Å². The molecule has 1 amide bonds. The largest absolute Gasteiger partial charge is 0.345 e. The Morgan fingerprint density at radius 1 is 1.53 bits per heavy atom. The van der Waals surface area contributed by atoms with E-state index in [-0.39, 0.29) is 5.91 Å². The number of aromatic nitrogens is 3. The molecule has 0 radical (unpaired) electrons. The van der Waals surface area contributed by atoms with Crippen LogP contribution in [0.25, 0.3) is 0 Å². The molecule has 0 bridgehead atoms. The predicted molar refractivity (Wildman–Crippen MR) is 78.3 cm³/mol. The van der Waals surface area contributed by atoms with E-state index in [1.165, 1.54) is 11.3 Å². The van der Waals surface area contributed by atoms with E-state index in [0.717, 1.165) is 15.4 Å². The Bertz CT molecular complexity index is 590. The summed E-state index contributed by atoms with van der Waals surface area (Å²) in [5.41, 5.74) is 0.656. The van der Waals surface area contributed by atoms with E-state index < -0.39 is 0 Å². The molecule has 2 heterocycles. The maximum Gasteiger partial charge on any atom is 0.252 e. The third kappa shape index (κ3) is 3.22. The number of carbonyl (C=O) groups is 1. The van der Waals surface area contributed by atoms with Crippen molar-refractivity contribution < 1.29 is 4.79 Å². The molecule has 5 nitrogen and oxygen atoms in total. The quantitative estimate of drug-likeness (QED) is 0.929. The van der Waals surface area contributed by atoms with E-state index in [1.54, 1.807) is 6.07 Å². The third-order valence-corrected chi connectivity index (χ3v) is 4.26. The molecule has 0 aliphatic rings. The molecule has 0 spiro atoms. The minimum atomic E-state index is -0.101. The number of thiophene rings is 1. The predicted octanol–water partition coefficient (Wildman–Crippen LogP) is 2.69. The summed E-state index contributed by atoms with van der Waals surface area (Å²) < 4.78 is 2.87. The summed E-state index contributed by atoms with van der Waals surface area (Å²) in [5.74, 6) is 1.89. The highest BCUT2D eigenvalue weighted by atomic mass is 79.9. The highest BCUT2D eigenvalue weighted by molar-refractivity contribution is 9.11. The van der Waals surface area contributed by atoms with Crippen molar-refractivity contribution >= 4 is 33.2 Å². The lowest BCUT2D eigenvalue weighted by atomic mass is 10.2. The third-order valence-electron chi connectivity index (χ3n) is 2.75. The summed E-state index contributed by atoms with van der Waals surface area (Å²) in [4.78, 5) is 11.9. The molecule has 2 aromatic rings. The van der Waals surface area contributed by atoms with Gasteiger partial charge in [0, 0.05) is 18.3 Å². The summed E-state index contributed by atoms with van der Waals surface area (Å²) in [6.45, 7) is 4.51. The fourth-order valence-corrected chi connectivity index (χ4v) is 2.86. The van der Waals surface area contributed by atoms with Gasteiger partial charge in [0.15, 0.2) is 5.82 Å². The molecule has 0 fully saturated rings. The first-order chi connectivity index (χ1) is 8.99. The topological polar surface area (TPSA) is 59.8 Å². The first-order valence-electron chi connectivity index (χ1n) is 5.89. The second-order valence-corrected chi connectivity index (χ2v) is 6.80. The Kier molecular flexibility index (Phi) is 4.36. The van der Waals surface area contributed by atoms with Crippen LogP contribution in [0.1, 0.15) is 41.8 Å². The van der Waals surface area contributed by atoms with Gasteiger partial charge in [0.25, 0.3) is 5.91 Å². The van der Waals surface area contributed by atoms with Crippen molar-refractivity contribution in [2.24, 2.45) is 7.05 Å². The van der Waals surface area contributed by atoms with Gasteiger partial charge in [-0.05, 0) is 22.0 Å². The van der Waals surface area contributed by atoms with Crippen molar-refractivity contribution in [2.45, 2.75) is 26.3 Å². The zero-order valence-electron chi connectivity index (χ0n) is 11.0. The van der Waals surface area contributed by atoms with Gasteiger partial charge < -0.3 is 9.88 Å². The number of hydrogen-bond acceptors (Lipinski definition) is 4. The van der Waals surface area contributed by atoms with Gasteiger partial charge in [-0.1, -0.05) is 13.8 Å². The highest BCUT2D eigenvalue weighted by Gasteiger charge is 2.13. The van der Waals surface area contributed by atoms with E-state index in [2.05, 4.69) is 45.3 Å². The fraction of sp³-hybridized carbons (Fsp3) is 0.417. The van der Waals surface area contributed by atoms with Gasteiger partial charge in [-0.3, -0.25) is 4.79 Å². The second kappa shape index (κ2) is 5.83. The molecule has 0 saturated heterocycles. The summed E-state index contributed by atoms with van der Waals surface area (Å²) in [6.07, 6.45) is 0. The molecular formula is C12H15BrN4OS. The van der Waals surface area contributed by atoms with E-state index >= 15 is 0 Å². The van der Waals surface area contributed by atoms with Gasteiger partial charge in [-0.25, -0.2) is 0 Å². The molecule has 7 heteroatoms. The van der Waals surface area contributed by atoms with Crippen LogP contribution in [0, 0.1) is 0 Å². The first-order valence-corrected chi connectivity index (χ1v) is 7.56. The van der Waals surface area contributed by atoms with Crippen LogP contribution < -0.4 is 5.32 Å². The maximum atomic E-state index is 11.9. The minimum absolute atomic E-state index is 0.101. The average molecular weight is 343 g/mol. The summed E-state index contributed by atoms with van der Waals surface area (Å²) in [6, 6.07) is 1.80. The highest BCUT2D eigenvalue weighted by Crippen LogP contribution is 2.20. The van der Waals surface area contributed by atoms with Crippen LogP contribution in [0.3, 0.4) is 0 Å². The van der Waals surface area contributed by atoms with Crippen molar-refractivity contribution in [1.82, 2.24) is 20.1 Å². The first kappa shape index (κ1) is 14.2. The Hall–Kier alpha value is -1.21. The number of nitrogens with zero attached hydrogens (tertiary/aromatic N) is 3. The molecule has 0 aromatic carbocycles. The van der Waals surface area contributed by atoms with Gasteiger partial charge in [0.2, 0.25) is 0 Å². The molecule has 0 saturated carbocycles. The van der Waals surface area contributed by atoms with Gasteiger partial charge in [0.05, 0.1) is 15.9 Å².